The normalized spacial score (nSPS) is 14.1. The Labute approximate surface area is 305 Å². The van der Waals surface area contributed by atoms with Gasteiger partial charge in [-0.15, -0.1) is 0 Å². The number of benzene rings is 4. The molecule has 2 aliphatic heterocycles. The van der Waals surface area contributed by atoms with Gasteiger partial charge in [0.15, 0.2) is 0 Å². The number of hydrogen-bond acceptors (Lipinski definition) is 8. The van der Waals surface area contributed by atoms with Crippen LogP contribution in [-0.4, -0.2) is 55.5 Å². The highest BCUT2D eigenvalue weighted by atomic mass is 32.1. The van der Waals surface area contributed by atoms with Crippen molar-refractivity contribution in [2.24, 2.45) is 5.10 Å². The van der Waals surface area contributed by atoms with Gasteiger partial charge in [-0.1, -0.05) is 48.6 Å². The van der Waals surface area contributed by atoms with Crippen LogP contribution in [0.4, 0.5) is 17.1 Å². The Bertz CT molecular complexity index is 2140. The van der Waals surface area contributed by atoms with E-state index in [4.69, 9.17) is 26.5 Å². The third kappa shape index (κ3) is 5.55. The monoisotopic (exact) mass is 699 g/mol. The van der Waals surface area contributed by atoms with E-state index in [0.717, 1.165) is 95.5 Å². The van der Waals surface area contributed by atoms with Crippen molar-refractivity contribution in [2.45, 2.75) is 47.1 Å². The lowest BCUT2D eigenvalue weighted by atomic mass is 9.75. The fraction of sp³-hybridized carbons (Fsp3) is 0.310. The maximum absolute atomic E-state index is 13.5. The number of ether oxygens (including phenoxy) is 1. The maximum Gasteiger partial charge on any atom is 0.345 e. The number of nitrogens with zero attached hydrogens (tertiary/aromatic N) is 5. The van der Waals surface area contributed by atoms with E-state index >= 15 is 0 Å². The Morgan fingerprint density at radius 3 is 1.78 bits per heavy atom. The molecule has 3 heterocycles. The number of fused-ring (bicyclic) bond motifs is 7. The number of rotatable bonds is 11. The average Bonchev–Trinajstić information content (AvgIpc) is 3.39. The van der Waals surface area contributed by atoms with Gasteiger partial charge in [0.2, 0.25) is 0 Å². The maximum atomic E-state index is 13.5. The van der Waals surface area contributed by atoms with E-state index in [1.165, 1.54) is 0 Å². The summed E-state index contributed by atoms with van der Waals surface area (Å²) >= 11 is 6.25. The third-order valence-electron chi connectivity index (χ3n) is 10.4. The van der Waals surface area contributed by atoms with Crippen LogP contribution in [-0.2, 0) is 5.54 Å². The van der Waals surface area contributed by atoms with E-state index in [1.54, 1.807) is 6.21 Å². The molecule has 51 heavy (non-hydrogen) atoms. The molecule has 4 aromatic carbocycles. The van der Waals surface area contributed by atoms with E-state index in [2.05, 4.69) is 111 Å². The lowest BCUT2D eigenvalue weighted by Crippen LogP contribution is -2.44. The molecular weight excluding hydrogens is 655 g/mol. The second kappa shape index (κ2) is 13.9. The fourth-order valence-corrected chi connectivity index (χ4v) is 8.12. The molecule has 0 saturated heterocycles. The van der Waals surface area contributed by atoms with Crippen LogP contribution < -0.4 is 25.1 Å². The number of hydrazone groups is 1. The fourth-order valence-electron chi connectivity index (χ4n) is 7.76. The van der Waals surface area contributed by atoms with Gasteiger partial charge in [-0.05, 0) is 77.4 Å². The summed E-state index contributed by atoms with van der Waals surface area (Å²) in [5.74, 6) is 1.50. The highest BCUT2D eigenvalue weighted by Crippen LogP contribution is 2.58. The van der Waals surface area contributed by atoms with Crippen molar-refractivity contribution in [3.63, 3.8) is 0 Å². The van der Waals surface area contributed by atoms with Gasteiger partial charge in [0.25, 0.3) is 0 Å². The minimum absolute atomic E-state index is 0.341. The van der Waals surface area contributed by atoms with Gasteiger partial charge in [-0.25, -0.2) is 9.80 Å². The summed E-state index contributed by atoms with van der Waals surface area (Å²) in [6, 6.07) is 28.9. The summed E-state index contributed by atoms with van der Waals surface area (Å²) < 4.78 is 12.7. The number of thiocarbonyl (C=S) groups is 1. The van der Waals surface area contributed by atoms with E-state index in [0.29, 0.717) is 16.1 Å². The molecule has 0 fully saturated rings. The van der Waals surface area contributed by atoms with Crippen LogP contribution >= 0.6 is 12.2 Å². The largest absolute Gasteiger partial charge is 0.456 e. The van der Waals surface area contributed by atoms with Crippen molar-refractivity contribution in [3.8, 4) is 11.5 Å². The van der Waals surface area contributed by atoms with Gasteiger partial charge in [0, 0.05) is 96.6 Å². The summed E-state index contributed by atoms with van der Waals surface area (Å²) in [5, 5.41) is 7.83. The van der Waals surface area contributed by atoms with Crippen LogP contribution in [0.5, 0.6) is 11.5 Å². The van der Waals surface area contributed by atoms with Crippen molar-refractivity contribution in [3.05, 3.63) is 123 Å². The third-order valence-corrected chi connectivity index (χ3v) is 10.8. The van der Waals surface area contributed by atoms with Gasteiger partial charge in [0.05, 0.1) is 11.8 Å². The van der Waals surface area contributed by atoms with Crippen LogP contribution in [0, 0.1) is 0 Å². The van der Waals surface area contributed by atoms with Crippen LogP contribution in [0.3, 0.4) is 0 Å². The first kappa shape index (κ1) is 34.3. The average molecular weight is 700 g/mol. The molecule has 0 saturated carbocycles. The van der Waals surface area contributed by atoms with E-state index < -0.39 is 11.2 Å². The minimum Gasteiger partial charge on any atom is -0.456 e. The second-order valence-corrected chi connectivity index (χ2v) is 13.2. The molecule has 0 unspecified atom stereocenters. The molecule has 0 N–H and O–H groups in total. The van der Waals surface area contributed by atoms with Gasteiger partial charge in [-0.2, -0.15) is 5.10 Å². The number of anilines is 3. The Hall–Kier alpha value is -5.15. The lowest BCUT2D eigenvalue weighted by Gasteiger charge is -2.43. The predicted octanol–water partition coefficient (Wildman–Crippen LogP) is 8.75. The Morgan fingerprint density at radius 1 is 0.686 bits per heavy atom. The molecule has 0 aliphatic carbocycles. The van der Waals surface area contributed by atoms with Crippen LogP contribution in [0.1, 0.15) is 69.4 Å². The summed E-state index contributed by atoms with van der Waals surface area (Å²) in [7, 11) is 0. The van der Waals surface area contributed by atoms with Crippen LogP contribution in [0.2, 0.25) is 0 Å². The summed E-state index contributed by atoms with van der Waals surface area (Å²) in [6.07, 6.45) is 1.59. The first-order valence-electron chi connectivity index (χ1n) is 18.1. The predicted molar refractivity (Wildman–Crippen MR) is 214 cm³/mol. The quantitative estimate of drug-likeness (QED) is 0.0771. The van der Waals surface area contributed by atoms with Crippen molar-refractivity contribution in [1.29, 1.82) is 0 Å². The molecule has 9 heteroatoms. The Morgan fingerprint density at radius 2 is 1.22 bits per heavy atom. The van der Waals surface area contributed by atoms with Crippen molar-refractivity contribution in [2.75, 3.05) is 54.0 Å². The Balaban J connectivity index is 1.43. The zero-order valence-corrected chi connectivity index (χ0v) is 31.1. The highest BCUT2D eigenvalue weighted by molar-refractivity contribution is 7.80. The van der Waals surface area contributed by atoms with Crippen LogP contribution in [0.15, 0.2) is 99.2 Å². The summed E-state index contributed by atoms with van der Waals surface area (Å²) in [6.45, 7) is 18.1. The van der Waals surface area contributed by atoms with Gasteiger partial charge in [0.1, 0.15) is 27.6 Å². The van der Waals surface area contributed by atoms with Crippen molar-refractivity contribution in [1.82, 2.24) is 5.01 Å². The SMILES string of the molecule is CCN(CC)c1ccc2c(c1)Oc1cc(N(CC)CC)ccc1C21c2ccccc2C(=S)N1/N=C/c1cc2ccc(N(CC)CC)cc2oc1=O. The van der Waals surface area contributed by atoms with E-state index in [1.807, 2.05) is 35.3 Å². The molecule has 0 radical (unpaired) electrons. The van der Waals surface area contributed by atoms with Crippen molar-refractivity contribution >= 4 is 51.5 Å². The molecule has 0 atom stereocenters. The van der Waals surface area contributed by atoms with E-state index in [-0.39, 0.29) is 0 Å². The minimum atomic E-state index is -0.952. The molecule has 2 aliphatic rings. The topological polar surface area (TPSA) is 64.8 Å². The molecule has 0 amide bonds. The smallest absolute Gasteiger partial charge is 0.345 e. The van der Waals surface area contributed by atoms with Gasteiger partial charge in [-0.3, -0.25) is 0 Å². The zero-order valence-electron chi connectivity index (χ0n) is 30.3. The summed E-state index contributed by atoms with van der Waals surface area (Å²) in [5.41, 5.74) is 6.45. The first-order valence-corrected chi connectivity index (χ1v) is 18.5. The van der Waals surface area contributed by atoms with Crippen molar-refractivity contribution < 1.29 is 9.15 Å². The van der Waals surface area contributed by atoms with Gasteiger partial charge >= 0.3 is 5.63 Å². The zero-order chi connectivity index (χ0) is 35.9. The Kier molecular flexibility index (Phi) is 9.33. The van der Waals surface area contributed by atoms with Crippen LogP contribution in [0.25, 0.3) is 11.0 Å². The molecule has 262 valence electrons. The molecule has 5 aromatic rings. The standard InChI is InChI=1S/C42H45N5O3S/c1-7-44(8-2)30-18-17-28-23-29(41(48)50-37(28)24-30)27-43-47-40(51)33-15-13-14-16-34(33)42(47)35-21-19-31(45(9-3)10-4)25-38(35)49-39-26-32(20-22-36(39)42)46(11-5)12-6/h13-27H,7-12H2,1-6H3/b43-27+. The first-order chi connectivity index (χ1) is 24.8. The lowest BCUT2D eigenvalue weighted by molar-refractivity contribution is 0.269. The number of hydrogen-bond donors (Lipinski definition) is 0. The molecular formula is C42H45N5O3S. The molecule has 1 aromatic heterocycles. The highest BCUT2D eigenvalue weighted by Gasteiger charge is 2.55. The second-order valence-electron chi connectivity index (χ2n) is 12.8. The van der Waals surface area contributed by atoms with E-state index in [9.17, 15) is 4.79 Å². The molecule has 8 nitrogen and oxygen atoms in total. The summed E-state index contributed by atoms with van der Waals surface area (Å²) in [4.78, 5) is 20.9. The molecule has 1 spiro atoms. The molecule has 7 rings (SSSR count). The molecule has 0 bridgehead atoms. The van der Waals surface area contributed by atoms with Gasteiger partial charge < -0.3 is 23.9 Å².